The summed E-state index contributed by atoms with van der Waals surface area (Å²) in [6.45, 7) is 9.58. The number of aromatic amines is 1. The third kappa shape index (κ3) is 6.03. The van der Waals surface area contributed by atoms with Gasteiger partial charge in [0, 0.05) is 42.9 Å². The number of esters is 1. The largest absolute Gasteiger partial charge is 0.462 e. The molecular weight excluding hydrogens is 460 g/mol. The van der Waals surface area contributed by atoms with Crippen LogP contribution in [0.25, 0.3) is 22.4 Å². The minimum Gasteiger partial charge on any atom is -0.462 e. The van der Waals surface area contributed by atoms with Crippen LogP contribution in [0, 0.1) is 12.8 Å². The van der Waals surface area contributed by atoms with Crippen LogP contribution in [0.3, 0.4) is 0 Å². The molecule has 3 unspecified atom stereocenters. The van der Waals surface area contributed by atoms with Crippen molar-refractivity contribution in [2.75, 3.05) is 13.2 Å². The highest BCUT2D eigenvalue weighted by Gasteiger charge is 2.26. The van der Waals surface area contributed by atoms with Gasteiger partial charge in [0.1, 0.15) is 11.9 Å². The lowest BCUT2D eigenvalue weighted by Gasteiger charge is -2.23. The van der Waals surface area contributed by atoms with Gasteiger partial charge in [0.25, 0.3) is 5.56 Å². The number of rotatable bonds is 9. The van der Waals surface area contributed by atoms with Crippen LogP contribution in [0.4, 0.5) is 0 Å². The Labute approximate surface area is 210 Å². The molecule has 0 saturated carbocycles. The van der Waals surface area contributed by atoms with Crippen LogP contribution in [-0.2, 0) is 27.4 Å². The Kier molecular flexibility index (Phi) is 8.23. The van der Waals surface area contributed by atoms with Crippen LogP contribution in [0.2, 0.25) is 0 Å². The molecule has 4 rings (SSSR count). The van der Waals surface area contributed by atoms with Gasteiger partial charge in [-0.25, -0.2) is 4.98 Å². The SMILES string of the molecule is Cc1cc(-c2nc3cc(CNC(C(=O)OC(C)C)C(C)O)ccc3n2CC2CCCOC2)c[nH]c1=O. The number of carbonyl (C=O) groups excluding carboxylic acids is 1. The molecule has 0 amide bonds. The second kappa shape index (κ2) is 11.4. The first kappa shape index (κ1) is 26.1. The molecule has 9 nitrogen and oxygen atoms in total. The van der Waals surface area contributed by atoms with Gasteiger partial charge in [-0.2, -0.15) is 0 Å². The van der Waals surface area contributed by atoms with Crippen LogP contribution in [0.15, 0.2) is 35.3 Å². The summed E-state index contributed by atoms with van der Waals surface area (Å²) in [4.78, 5) is 32.1. The fourth-order valence-electron chi connectivity index (χ4n) is 4.61. The van der Waals surface area contributed by atoms with E-state index in [1.165, 1.54) is 0 Å². The summed E-state index contributed by atoms with van der Waals surface area (Å²) in [6.07, 6.45) is 2.70. The second-order valence-electron chi connectivity index (χ2n) is 9.94. The summed E-state index contributed by atoms with van der Waals surface area (Å²) >= 11 is 0. The molecule has 9 heteroatoms. The van der Waals surface area contributed by atoms with Crippen molar-refractivity contribution in [3.8, 4) is 11.4 Å². The van der Waals surface area contributed by atoms with E-state index >= 15 is 0 Å². The highest BCUT2D eigenvalue weighted by atomic mass is 16.5. The van der Waals surface area contributed by atoms with E-state index in [-0.39, 0.29) is 11.7 Å². The molecule has 0 radical (unpaired) electrons. The van der Waals surface area contributed by atoms with Crippen molar-refractivity contribution in [2.24, 2.45) is 5.92 Å². The third-order valence-electron chi connectivity index (χ3n) is 6.47. The van der Waals surface area contributed by atoms with Crippen molar-refractivity contribution < 1.29 is 19.4 Å². The van der Waals surface area contributed by atoms with Gasteiger partial charge < -0.3 is 24.1 Å². The summed E-state index contributed by atoms with van der Waals surface area (Å²) in [7, 11) is 0. The zero-order valence-corrected chi connectivity index (χ0v) is 21.4. The zero-order valence-electron chi connectivity index (χ0n) is 21.4. The molecule has 0 aliphatic carbocycles. The van der Waals surface area contributed by atoms with Gasteiger partial charge >= 0.3 is 5.97 Å². The molecule has 1 aliphatic rings. The summed E-state index contributed by atoms with van der Waals surface area (Å²) in [6, 6.07) is 7.07. The molecule has 2 aromatic heterocycles. The number of aromatic nitrogens is 3. The number of hydrogen-bond donors (Lipinski definition) is 3. The number of benzene rings is 1. The number of H-pyrrole nitrogens is 1. The minimum atomic E-state index is -0.896. The molecule has 36 heavy (non-hydrogen) atoms. The Morgan fingerprint density at radius 2 is 2.14 bits per heavy atom. The van der Waals surface area contributed by atoms with Gasteiger partial charge in [-0.3, -0.25) is 14.9 Å². The molecule has 1 aliphatic heterocycles. The van der Waals surface area contributed by atoms with Gasteiger partial charge in [-0.15, -0.1) is 0 Å². The minimum absolute atomic E-state index is 0.112. The van der Waals surface area contributed by atoms with Crippen LogP contribution < -0.4 is 10.9 Å². The van der Waals surface area contributed by atoms with Crippen molar-refractivity contribution in [1.82, 2.24) is 19.9 Å². The summed E-state index contributed by atoms with van der Waals surface area (Å²) in [5, 5.41) is 13.2. The van der Waals surface area contributed by atoms with E-state index in [0.717, 1.165) is 60.6 Å². The molecule has 3 aromatic rings. The van der Waals surface area contributed by atoms with Crippen molar-refractivity contribution in [3.63, 3.8) is 0 Å². The molecule has 3 N–H and O–H groups in total. The fourth-order valence-corrected chi connectivity index (χ4v) is 4.61. The molecule has 194 valence electrons. The number of pyridine rings is 1. The highest BCUT2D eigenvalue weighted by Crippen LogP contribution is 2.28. The normalized spacial score (nSPS) is 17.9. The van der Waals surface area contributed by atoms with E-state index < -0.39 is 18.1 Å². The smallest absolute Gasteiger partial charge is 0.326 e. The number of aliphatic hydroxyl groups excluding tert-OH is 1. The van der Waals surface area contributed by atoms with E-state index in [2.05, 4.69) is 14.9 Å². The number of nitrogens with zero attached hydrogens (tertiary/aromatic N) is 2. The van der Waals surface area contributed by atoms with E-state index in [1.807, 2.05) is 24.3 Å². The molecule has 0 bridgehead atoms. The predicted octanol–water partition coefficient (Wildman–Crippen LogP) is 2.92. The lowest BCUT2D eigenvalue weighted by molar-refractivity contribution is -0.152. The fraction of sp³-hybridized carbons (Fsp3) is 0.519. The Bertz CT molecular complexity index is 1260. The Morgan fingerprint density at radius 1 is 1.33 bits per heavy atom. The first-order valence-corrected chi connectivity index (χ1v) is 12.6. The molecule has 0 spiro atoms. The molecule has 3 heterocycles. The molecule has 1 aromatic carbocycles. The highest BCUT2D eigenvalue weighted by molar-refractivity contribution is 5.81. The average molecular weight is 497 g/mol. The first-order valence-electron chi connectivity index (χ1n) is 12.6. The Hall–Kier alpha value is -3.01. The lowest BCUT2D eigenvalue weighted by atomic mass is 10.0. The number of aryl methyl sites for hydroxylation is 1. The van der Waals surface area contributed by atoms with E-state index in [0.29, 0.717) is 18.0 Å². The van der Waals surface area contributed by atoms with Crippen LogP contribution >= 0.6 is 0 Å². The number of aliphatic hydroxyl groups is 1. The lowest BCUT2D eigenvalue weighted by Crippen LogP contribution is -2.46. The predicted molar refractivity (Wildman–Crippen MR) is 138 cm³/mol. The van der Waals surface area contributed by atoms with Crippen LogP contribution in [-0.4, -0.2) is 57.1 Å². The topological polar surface area (TPSA) is 118 Å². The maximum absolute atomic E-state index is 12.4. The maximum atomic E-state index is 12.4. The summed E-state index contributed by atoms with van der Waals surface area (Å²) in [5.74, 6) is 0.706. The van der Waals surface area contributed by atoms with Gasteiger partial charge in [-0.05, 0) is 64.3 Å². The third-order valence-corrected chi connectivity index (χ3v) is 6.47. The number of carbonyl (C=O) groups is 1. The summed E-state index contributed by atoms with van der Waals surface area (Å²) < 4.78 is 13.2. The summed E-state index contributed by atoms with van der Waals surface area (Å²) in [5.41, 5.74) is 4.12. The van der Waals surface area contributed by atoms with Crippen LogP contribution in [0.5, 0.6) is 0 Å². The van der Waals surface area contributed by atoms with Crippen LogP contribution in [0.1, 0.15) is 44.7 Å². The molecule has 1 saturated heterocycles. The first-order chi connectivity index (χ1) is 17.2. The van der Waals surface area contributed by atoms with Crippen molar-refractivity contribution in [3.05, 3.63) is 51.9 Å². The van der Waals surface area contributed by atoms with Crippen molar-refractivity contribution >= 4 is 17.0 Å². The van der Waals surface area contributed by atoms with Crippen molar-refractivity contribution in [2.45, 2.75) is 71.9 Å². The zero-order chi connectivity index (χ0) is 25.8. The maximum Gasteiger partial charge on any atom is 0.326 e. The number of imidazole rings is 1. The molecular formula is C27H36N4O5. The number of ether oxygens (including phenoxy) is 2. The van der Waals surface area contributed by atoms with Crippen molar-refractivity contribution in [1.29, 1.82) is 0 Å². The molecule has 3 atom stereocenters. The monoisotopic (exact) mass is 496 g/mol. The van der Waals surface area contributed by atoms with E-state index in [1.54, 1.807) is 33.9 Å². The Balaban J connectivity index is 1.64. The number of nitrogens with one attached hydrogen (secondary N) is 2. The molecule has 1 fully saturated rings. The quantitative estimate of drug-likeness (QED) is 0.390. The van der Waals surface area contributed by atoms with E-state index in [4.69, 9.17) is 14.5 Å². The van der Waals surface area contributed by atoms with Gasteiger partial charge in [0.05, 0.1) is 29.8 Å². The Morgan fingerprint density at radius 3 is 2.81 bits per heavy atom. The van der Waals surface area contributed by atoms with Gasteiger partial charge in [0.2, 0.25) is 0 Å². The standard InChI is InChI=1S/C27H36N4O5/c1-16(2)36-27(34)24(18(4)32)28-12-19-7-8-23-22(11-19)30-25(21-10-17(3)26(33)29-13-21)31(23)14-20-6-5-9-35-15-20/h7-8,10-11,13,16,18,20,24,28,32H,5-6,9,12,14-15H2,1-4H3,(H,29,33). The second-order valence-corrected chi connectivity index (χ2v) is 9.94. The van der Waals surface area contributed by atoms with E-state index in [9.17, 15) is 14.7 Å². The van der Waals surface area contributed by atoms with Gasteiger partial charge in [-0.1, -0.05) is 6.07 Å². The number of fused-ring (bicyclic) bond motifs is 1. The average Bonchev–Trinajstić information content (AvgIpc) is 3.18. The number of hydrogen-bond acceptors (Lipinski definition) is 7. The van der Waals surface area contributed by atoms with Gasteiger partial charge in [0.15, 0.2) is 0 Å².